The number of unbranched alkanes of at least 4 members (excludes halogenated alkanes) is 4. The van der Waals surface area contributed by atoms with Crippen molar-refractivity contribution in [1.82, 2.24) is 9.97 Å². The quantitative estimate of drug-likeness (QED) is 0.438. The molecule has 0 aromatic carbocycles. The Morgan fingerprint density at radius 3 is 2.86 bits per heavy atom. The summed E-state index contributed by atoms with van der Waals surface area (Å²) in [5, 5.41) is 11.2. The highest BCUT2D eigenvalue weighted by molar-refractivity contribution is 7.99. The molecule has 0 saturated carbocycles. The van der Waals surface area contributed by atoms with E-state index in [1.807, 2.05) is 0 Å². The van der Waals surface area contributed by atoms with E-state index in [4.69, 9.17) is 5.11 Å². The fraction of sp³-hybridized carbons (Fsp3) is 0.500. The number of nitrogens with zero attached hydrogens (tertiary/aromatic N) is 1. The van der Waals surface area contributed by atoms with Crippen LogP contribution in [0.4, 0.5) is 0 Å². The lowest BCUT2D eigenvalue weighted by Gasteiger charge is -2.01. The molecule has 2 aromatic rings. The van der Waals surface area contributed by atoms with Gasteiger partial charge in [0.05, 0.1) is 10.9 Å². The van der Waals surface area contributed by atoms with Crippen molar-refractivity contribution in [3.63, 3.8) is 0 Å². The van der Waals surface area contributed by atoms with E-state index in [2.05, 4.69) is 16.9 Å². The molecule has 114 valence electrons. The molecule has 0 unspecified atom stereocenters. The molecule has 0 saturated heterocycles. The monoisotopic (exact) mass is 326 g/mol. The van der Waals surface area contributed by atoms with Gasteiger partial charge in [-0.15, -0.1) is 11.3 Å². The number of fused-ring (bicyclic) bond motifs is 1. The molecule has 0 aliphatic rings. The van der Waals surface area contributed by atoms with Crippen molar-refractivity contribution in [2.75, 3.05) is 5.75 Å². The van der Waals surface area contributed by atoms with Crippen LogP contribution in [0.5, 0.6) is 0 Å². The van der Waals surface area contributed by atoms with E-state index in [-0.39, 0.29) is 16.5 Å². The summed E-state index contributed by atoms with van der Waals surface area (Å²) >= 11 is 2.71. The third-order valence-electron chi connectivity index (χ3n) is 3.14. The summed E-state index contributed by atoms with van der Waals surface area (Å²) in [5.74, 6) is -0.181. The topological polar surface area (TPSA) is 83.0 Å². The molecule has 0 amide bonds. The maximum absolute atomic E-state index is 12.0. The average molecular weight is 326 g/mol. The van der Waals surface area contributed by atoms with Gasteiger partial charge < -0.3 is 10.1 Å². The van der Waals surface area contributed by atoms with Crippen LogP contribution in [-0.4, -0.2) is 26.8 Å². The number of aromatic nitrogens is 2. The molecule has 0 bridgehead atoms. The molecule has 0 aliphatic heterocycles. The Kier molecular flexibility index (Phi) is 5.81. The van der Waals surface area contributed by atoms with Gasteiger partial charge in [0.25, 0.3) is 5.56 Å². The first-order valence-electron chi connectivity index (χ1n) is 7.01. The minimum absolute atomic E-state index is 0.0277. The highest BCUT2D eigenvalue weighted by Crippen LogP contribution is 2.23. The normalized spacial score (nSPS) is 11.1. The van der Waals surface area contributed by atoms with E-state index in [1.54, 1.807) is 0 Å². The zero-order valence-electron chi connectivity index (χ0n) is 11.8. The van der Waals surface area contributed by atoms with Crippen molar-refractivity contribution < 1.29 is 9.90 Å². The number of hydrogen-bond acceptors (Lipinski definition) is 5. The number of nitrogens with one attached hydrogen (secondary N) is 1. The van der Waals surface area contributed by atoms with Crippen LogP contribution < -0.4 is 5.56 Å². The number of aromatic carboxylic acids is 1. The van der Waals surface area contributed by atoms with Gasteiger partial charge in [-0.25, -0.2) is 9.78 Å². The predicted octanol–water partition coefficient (Wildman–Crippen LogP) is 3.75. The molecule has 2 N–H and O–H groups in total. The number of carboxylic acid groups (broad SMARTS) is 1. The molecular formula is C14H18N2O3S2. The van der Waals surface area contributed by atoms with Crippen LogP contribution >= 0.6 is 23.1 Å². The number of thiophene rings is 1. The number of rotatable bonds is 8. The van der Waals surface area contributed by atoms with Gasteiger partial charge in [-0.3, -0.25) is 4.79 Å². The minimum atomic E-state index is -1.09. The highest BCUT2D eigenvalue weighted by atomic mass is 32.2. The summed E-state index contributed by atoms with van der Waals surface area (Å²) in [7, 11) is 0. The number of aromatic amines is 1. The fourth-order valence-corrected chi connectivity index (χ4v) is 3.86. The molecule has 0 spiro atoms. The van der Waals surface area contributed by atoms with E-state index < -0.39 is 5.97 Å². The second kappa shape index (κ2) is 7.61. The Balaban J connectivity index is 2.03. The summed E-state index contributed by atoms with van der Waals surface area (Å²) < 4.78 is 0. The Bertz CT molecular complexity index is 678. The highest BCUT2D eigenvalue weighted by Gasteiger charge is 2.16. The lowest BCUT2D eigenvalue weighted by atomic mass is 10.2. The lowest BCUT2D eigenvalue weighted by molar-refractivity contribution is 0.0699. The zero-order valence-corrected chi connectivity index (χ0v) is 13.5. The van der Waals surface area contributed by atoms with Gasteiger partial charge in [-0.05, 0) is 6.42 Å². The van der Waals surface area contributed by atoms with Crippen LogP contribution in [0, 0.1) is 0 Å². The van der Waals surface area contributed by atoms with Crippen LogP contribution in [-0.2, 0) is 0 Å². The molecule has 7 heteroatoms. The van der Waals surface area contributed by atoms with Crippen molar-refractivity contribution in [2.45, 2.75) is 44.2 Å². The fourth-order valence-electron chi connectivity index (χ4n) is 2.03. The van der Waals surface area contributed by atoms with Crippen LogP contribution in [0.3, 0.4) is 0 Å². The van der Waals surface area contributed by atoms with E-state index >= 15 is 0 Å². The molecule has 2 heterocycles. The number of carboxylic acids is 1. The predicted molar refractivity (Wildman–Crippen MR) is 86.7 cm³/mol. The molecule has 0 fully saturated rings. The van der Waals surface area contributed by atoms with Gasteiger partial charge in [0.15, 0.2) is 5.16 Å². The van der Waals surface area contributed by atoms with Gasteiger partial charge in [0.2, 0.25) is 0 Å². The smallest absolute Gasteiger partial charge is 0.337 e. The van der Waals surface area contributed by atoms with Gasteiger partial charge in [0.1, 0.15) is 4.83 Å². The molecule has 0 atom stereocenters. The first-order valence-corrected chi connectivity index (χ1v) is 8.87. The summed E-state index contributed by atoms with van der Waals surface area (Å²) in [6.07, 6.45) is 6.02. The van der Waals surface area contributed by atoms with Crippen molar-refractivity contribution in [2.24, 2.45) is 0 Å². The second-order valence-corrected chi connectivity index (χ2v) is 6.71. The maximum Gasteiger partial charge on any atom is 0.337 e. The molecule has 2 rings (SSSR count). The van der Waals surface area contributed by atoms with E-state index in [0.29, 0.717) is 9.99 Å². The summed E-state index contributed by atoms with van der Waals surface area (Å²) in [4.78, 5) is 30.5. The number of thioether (sulfide) groups is 1. The van der Waals surface area contributed by atoms with Crippen LogP contribution in [0.25, 0.3) is 10.2 Å². The standard InChI is InChI=1S/C14H18N2O3S2/c1-2-3-4-5-6-7-20-14-15-11(17)10-9(13(18)19)8-21-12(10)16-14/h8H,2-7H2,1H3,(H,18,19)(H,15,16,17). The Labute approximate surface area is 130 Å². The van der Waals surface area contributed by atoms with Crippen molar-refractivity contribution >= 4 is 39.3 Å². The Morgan fingerprint density at radius 2 is 2.14 bits per heavy atom. The van der Waals surface area contributed by atoms with Gasteiger partial charge in [-0.1, -0.05) is 44.4 Å². The van der Waals surface area contributed by atoms with Crippen molar-refractivity contribution in [3.8, 4) is 0 Å². The van der Waals surface area contributed by atoms with E-state index in [0.717, 1.165) is 12.2 Å². The van der Waals surface area contributed by atoms with E-state index in [1.165, 1.54) is 54.2 Å². The van der Waals surface area contributed by atoms with Crippen molar-refractivity contribution in [1.29, 1.82) is 0 Å². The molecule has 2 aromatic heterocycles. The SMILES string of the molecule is CCCCCCCSc1nc2scc(C(=O)O)c2c(=O)[nH]1. The summed E-state index contributed by atoms with van der Waals surface area (Å²) in [5.41, 5.74) is -0.341. The first-order chi connectivity index (χ1) is 10.1. The number of hydrogen-bond donors (Lipinski definition) is 2. The molecule has 5 nitrogen and oxygen atoms in total. The lowest BCUT2D eigenvalue weighted by Crippen LogP contribution is -2.11. The first kappa shape index (κ1) is 16.0. The summed E-state index contributed by atoms with van der Waals surface area (Å²) in [6.45, 7) is 2.19. The molecule has 0 radical (unpaired) electrons. The molecular weight excluding hydrogens is 308 g/mol. The van der Waals surface area contributed by atoms with E-state index in [9.17, 15) is 9.59 Å². The van der Waals surface area contributed by atoms with Crippen LogP contribution in [0.1, 0.15) is 49.4 Å². The largest absolute Gasteiger partial charge is 0.478 e. The van der Waals surface area contributed by atoms with Gasteiger partial charge in [0, 0.05) is 11.1 Å². The zero-order chi connectivity index (χ0) is 15.2. The Morgan fingerprint density at radius 1 is 1.38 bits per heavy atom. The third-order valence-corrected chi connectivity index (χ3v) is 4.97. The second-order valence-electron chi connectivity index (χ2n) is 4.77. The van der Waals surface area contributed by atoms with Crippen LogP contribution in [0.2, 0.25) is 0 Å². The van der Waals surface area contributed by atoms with Gasteiger partial charge >= 0.3 is 5.97 Å². The Hall–Kier alpha value is -1.34. The summed E-state index contributed by atoms with van der Waals surface area (Å²) in [6, 6.07) is 0. The minimum Gasteiger partial charge on any atom is -0.478 e. The van der Waals surface area contributed by atoms with Crippen LogP contribution in [0.15, 0.2) is 15.3 Å². The average Bonchev–Trinajstić information content (AvgIpc) is 2.87. The third kappa shape index (κ3) is 4.07. The molecule has 0 aliphatic carbocycles. The van der Waals surface area contributed by atoms with Gasteiger partial charge in [-0.2, -0.15) is 0 Å². The number of H-pyrrole nitrogens is 1. The molecule has 21 heavy (non-hydrogen) atoms. The maximum atomic E-state index is 12.0. The number of carbonyl (C=O) groups is 1. The van der Waals surface area contributed by atoms with Crippen molar-refractivity contribution in [3.05, 3.63) is 21.3 Å².